The lowest BCUT2D eigenvalue weighted by atomic mass is 10.4. The van der Waals surface area contributed by atoms with Crippen molar-refractivity contribution in [2.45, 2.75) is 19.8 Å². The summed E-state index contributed by atoms with van der Waals surface area (Å²) >= 11 is 0. The highest BCUT2D eigenvalue weighted by Gasteiger charge is 2.06. The zero-order valence-electron chi connectivity index (χ0n) is 6.55. The number of nitrogens with zero attached hydrogens (tertiary/aromatic N) is 1. The van der Waals surface area contributed by atoms with Gasteiger partial charge in [-0.25, -0.2) is 0 Å². The molecular formula is C8H15NO. The van der Waals surface area contributed by atoms with Gasteiger partial charge in [0, 0.05) is 13.1 Å². The third-order valence-corrected chi connectivity index (χ3v) is 1.29. The molecule has 0 aromatic carbocycles. The molecular weight excluding hydrogens is 126 g/mol. The molecule has 0 bridgehead atoms. The predicted octanol–water partition coefficient (Wildman–Crippen LogP) is 1.43. The Balaban J connectivity index is 0.000000236. The fraction of sp³-hybridized carbons (Fsp3) is 0.625. The van der Waals surface area contributed by atoms with Gasteiger partial charge in [0.05, 0.1) is 0 Å². The second kappa shape index (κ2) is 6.33. The number of allylic oxidation sites excluding steroid dienone is 1. The lowest BCUT2D eigenvalue weighted by Gasteiger charge is -2.03. The van der Waals surface area contributed by atoms with Crippen LogP contribution in [0.25, 0.3) is 0 Å². The van der Waals surface area contributed by atoms with Crippen LogP contribution in [0.2, 0.25) is 0 Å². The van der Waals surface area contributed by atoms with Crippen LogP contribution in [0.1, 0.15) is 19.8 Å². The molecule has 0 aliphatic carbocycles. The van der Waals surface area contributed by atoms with Gasteiger partial charge < -0.3 is 4.90 Å². The predicted molar refractivity (Wildman–Crippen MR) is 42.7 cm³/mol. The van der Waals surface area contributed by atoms with Crippen LogP contribution >= 0.6 is 0 Å². The maximum atomic E-state index is 9.93. The SMILES string of the molecule is C=CC.O=CN1CCCC1. The van der Waals surface area contributed by atoms with Crippen LogP contribution in [0, 0.1) is 0 Å². The first-order chi connectivity index (χ1) is 4.85. The van der Waals surface area contributed by atoms with E-state index in [1.807, 2.05) is 6.92 Å². The second-order valence-corrected chi connectivity index (χ2v) is 2.26. The molecule has 0 radical (unpaired) electrons. The van der Waals surface area contributed by atoms with E-state index in [2.05, 4.69) is 6.58 Å². The average molecular weight is 141 g/mol. The summed E-state index contributed by atoms with van der Waals surface area (Å²) in [5, 5.41) is 0. The molecule has 58 valence electrons. The zero-order chi connectivity index (χ0) is 7.82. The lowest BCUT2D eigenvalue weighted by Crippen LogP contribution is -2.15. The summed E-state index contributed by atoms with van der Waals surface area (Å²) in [6.07, 6.45) is 5.06. The molecule has 0 atom stereocenters. The highest BCUT2D eigenvalue weighted by molar-refractivity contribution is 5.47. The van der Waals surface area contributed by atoms with E-state index in [-0.39, 0.29) is 0 Å². The molecule has 0 unspecified atom stereocenters. The van der Waals surface area contributed by atoms with Gasteiger partial charge in [-0.2, -0.15) is 0 Å². The van der Waals surface area contributed by atoms with Crippen LogP contribution in [-0.2, 0) is 4.79 Å². The molecule has 1 fully saturated rings. The number of carbonyl (C=O) groups excluding carboxylic acids is 1. The van der Waals surface area contributed by atoms with Gasteiger partial charge >= 0.3 is 0 Å². The van der Waals surface area contributed by atoms with E-state index in [0.717, 1.165) is 19.5 Å². The molecule has 1 amide bonds. The van der Waals surface area contributed by atoms with E-state index in [1.165, 1.54) is 12.8 Å². The number of rotatable bonds is 1. The van der Waals surface area contributed by atoms with Crippen molar-refractivity contribution in [1.29, 1.82) is 0 Å². The van der Waals surface area contributed by atoms with E-state index in [9.17, 15) is 4.79 Å². The van der Waals surface area contributed by atoms with Crippen molar-refractivity contribution in [2.24, 2.45) is 0 Å². The first kappa shape index (κ1) is 9.21. The monoisotopic (exact) mass is 141 g/mol. The van der Waals surface area contributed by atoms with Crippen LogP contribution < -0.4 is 0 Å². The van der Waals surface area contributed by atoms with Crippen LogP contribution in [-0.4, -0.2) is 24.4 Å². The Labute approximate surface area is 62.5 Å². The minimum absolute atomic E-state index is 0.924. The van der Waals surface area contributed by atoms with Gasteiger partial charge in [0.25, 0.3) is 0 Å². The molecule has 2 nitrogen and oxygen atoms in total. The second-order valence-electron chi connectivity index (χ2n) is 2.26. The van der Waals surface area contributed by atoms with Gasteiger partial charge in [-0.1, -0.05) is 6.08 Å². The normalized spacial score (nSPS) is 15.5. The molecule has 1 aliphatic rings. The number of carbonyl (C=O) groups is 1. The van der Waals surface area contributed by atoms with Crippen LogP contribution in [0.5, 0.6) is 0 Å². The number of hydrogen-bond acceptors (Lipinski definition) is 1. The molecule has 1 rings (SSSR count). The third kappa shape index (κ3) is 4.13. The Morgan fingerprint density at radius 3 is 2.00 bits per heavy atom. The van der Waals surface area contributed by atoms with Crippen molar-refractivity contribution in [2.75, 3.05) is 13.1 Å². The Morgan fingerprint density at radius 2 is 1.80 bits per heavy atom. The van der Waals surface area contributed by atoms with E-state index >= 15 is 0 Å². The topological polar surface area (TPSA) is 20.3 Å². The molecule has 0 saturated carbocycles. The van der Waals surface area contributed by atoms with Crippen molar-refractivity contribution in [1.82, 2.24) is 4.90 Å². The molecule has 0 N–H and O–H groups in total. The first-order valence-electron chi connectivity index (χ1n) is 3.61. The maximum absolute atomic E-state index is 9.93. The van der Waals surface area contributed by atoms with E-state index in [0.29, 0.717) is 0 Å². The summed E-state index contributed by atoms with van der Waals surface area (Å²) in [7, 11) is 0. The number of hydrogen-bond donors (Lipinski definition) is 0. The van der Waals surface area contributed by atoms with Gasteiger partial charge in [0.2, 0.25) is 6.41 Å². The highest BCUT2D eigenvalue weighted by Crippen LogP contribution is 2.02. The molecule has 0 aromatic rings. The van der Waals surface area contributed by atoms with Crippen LogP contribution in [0.3, 0.4) is 0 Å². The summed E-state index contributed by atoms with van der Waals surface area (Å²) in [5.74, 6) is 0. The molecule has 0 aromatic heterocycles. The molecule has 10 heavy (non-hydrogen) atoms. The fourth-order valence-corrected chi connectivity index (χ4v) is 0.847. The largest absolute Gasteiger partial charge is 0.345 e. The van der Waals surface area contributed by atoms with Crippen molar-refractivity contribution in [3.63, 3.8) is 0 Å². The standard InChI is InChI=1S/C5H9NO.C3H6/c7-5-6-3-1-2-4-6;1-3-2/h5H,1-4H2;3H,1H2,2H3. The Hall–Kier alpha value is -0.790. The smallest absolute Gasteiger partial charge is 0.209 e. The summed E-state index contributed by atoms with van der Waals surface area (Å²) in [5.41, 5.74) is 0. The van der Waals surface area contributed by atoms with Crippen molar-refractivity contribution in [3.05, 3.63) is 12.7 Å². The fourth-order valence-electron chi connectivity index (χ4n) is 0.847. The van der Waals surface area contributed by atoms with Crippen LogP contribution in [0.4, 0.5) is 0 Å². The summed E-state index contributed by atoms with van der Waals surface area (Å²) < 4.78 is 0. The number of amides is 1. The van der Waals surface area contributed by atoms with Gasteiger partial charge in [-0.3, -0.25) is 4.79 Å². The molecule has 1 saturated heterocycles. The summed E-state index contributed by atoms with van der Waals surface area (Å²) in [4.78, 5) is 11.7. The Bertz CT molecular complexity index is 95.4. The summed E-state index contributed by atoms with van der Waals surface area (Å²) in [6.45, 7) is 7.20. The Kier molecular flexibility index (Phi) is 5.83. The molecule has 1 aliphatic heterocycles. The quantitative estimate of drug-likeness (QED) is 0.399. The highest BCUT2D eigenvalue weighted by atomic mass is 16.1. The van der Waals surface area contributed by atoms with Gasteiger partial charge in [-0.15, -0.1) is 6.58 Å². The van der Waals surface area contributed by atoms with Crippen LogP contribution in [0.15, 0.2) is 12.7 Å². The van der Waals surface area contributed by atoms with Gasteiger partial charge in [0.15, 0.2) is 0 Å². The maximum Gasteiger partial charge on any atom is 0.209 e. The minimum atomic E-state index is 0.924. The van der Waals surface area contributed by atoms with Gasteiger partial charge in [0.1, 0.15) is 0 Å². The Morgan fingerprint density at radius 1 is 1.40 bits per heavy atom. The molecule has 1 heterocycles. The molecule has 0 spiro atoms. The van der Waals surface area contributed by atoms with Gasteiger partial charge in [-0.05, 0) is 19.8 Å². The zero-order valence-corrected chi connectivity index (χ0v) is 6.55. The van der Waals surface area contributed by atoms with E-state index < -0.39 is 0 Å². The third-order valence-electron chi connectivity index (χ3n) is 1.29. The van der Waals surface area contributed by atoms with Crippen molar-refractivity contribution >= 4 is 6.41 Å². The average Bonchev–Trinajstić information content (AvgIpc) is 2.39. The lowest BCUT2D eigenvalue weighted by molar-refractivity contribution is -0.117. The number of likely N-dealkylation sites (tertiary alicyclic amines) is 1. The molecule has 2 heteroatoms. The first-order valence-corrected chi connectivity index (χ1v) is 3.61. The van der Waals surface area contributed by atoms with E-state index in [4.69, 9.17) is 0 Å². The summed E-state index contributed by atoms with van der Waals surface area (Å²) in [6, 6.07) is 0. The van der Waals surface area contributed by atoms with Crippen molar-refractivity contribution in [3.8, 4) is 0 Å². The minimum Gasteiger partial charge on any atom is -0.345 e. The van der Waals surface area contributed by atoms with Crippen molar-refractivity contribution < 1.29 is 4.79 Å². The van der Waals surface area contributed by atoms with E-state index in [1.54, 1.807) is 11.0 Å².